The Morgan fingerprint density at radius 3 is 2.85 bits per heavy atom. The van der Waals surface area contributed by atoms with Crippen molar-refractivity contribution in [3.63, 3.8) is 0 Å². The van der Waals surface area contributed by atoms with Crippen molar-refractivity contribution in [3.05, 3.63) is 39.8 Å². The Labute approximate surface area is 91.9 Å². The number of nitrogens with one attached hydrogen (secondary N) is 1. The van der Waals surface area contributed by atoms with Crippen LogP contribution < -0.4 is 5.32 Å². The molecule has 0 saturated carbocycles. The van der Waals surface area contributed by atoms with Gasteiger partial charge in [0.25, 0.3) is 0 Å². The molecule has 0 saturated heterocycles. The second-order valence-electron chi connectivity index (χ2n) is 2.93. The topological polar surface area (TPSA) is 12.0 Å². The molecule has 1 rings (SSSR count). The lowest BCUT2D eigenvalue weighted by atomic mass is 10.3. The van der Waals surface area contributed by atoms with E-state index in [1.807, 2.05) is 25.1 Å². The molecule has 13 heavy (non-hydrogen) atoms. The summed E-state index contributed by atoms with van der Waals surface area (Å²) in [7, 11) is 0. The monoisotopic (exact) mass is 259 g/mol. The van der Waals surface area contributed by atoms with Gasteiger partial charge in [-0.05, 0) is 25.1 Å². The van der Waals surface area contributed by atoms with Crippen LogP contribution in [0.1, 0.15) is 6.92 Å². The van der Waals surface area contributed by atoms with E-state index in [9.17, 15) is 0 Å². The molecule has 1 nitrogen and oxygen atoms in total. The fourth-order valence-electron chi connectivity index (χ4n) is 0.879. The minimum atomic E-state index is 0.718. The van der Waals surface area contributed by atoms with Crippen molar-refractivity contribution < 1.29 is 0 Å². The van der Waals surface area contributed by atoms with Gasteiger partial charge in [0.15, 0.2) is 0 Å². The van der Waals surface area contributed by atoms with E-state index in [0.29, 0.717) is 0 Å². The van der Waals surface area contributed by atoms with Crippen LogP contribution in [0.2, 0.25) is 5.02 Å². The smallest absolute Gasteiger partial charge is 0.0648 e. The van der Waals surface area contributed by atoms with Gasteiger partial charge in [0.1, 0.15) is 0 Å². The molecule has 0 amide bonds. The van der Waals surface area contributed by atoms with Crippen molar-refractivity contribution >= 4 is 33.2 Å². The fraction of sp³-hybridized carbons (Fsp3) is 0.200. The number of benzene rings is 1. The molecule has 3 heteroatoms. The summed E-state index contributed by atoms with van der Waals surface area (Å²) in [5.74, 6) is 0. The van der Waals surface area contributed by atoms with E-state index in [2.05, 4.69) is 27.8 Å². The quantitative estimate of drug-likeness (QED) is 0.807. The Morgan fingerprint density at radius 1 is 1.62 bits per heavy atom. The largest absolute Gasteiger partial charge is 0.380 e. The minimum absolute atomic E-state index is 0.718. The van der Waals surface area contributed by atoms with E-state index >= 15 is 0 Å². The predicted molar refractivity (Wildman–Crippen MR) is 62.5 cm³/mol. The summed E-state index contributed by atoms with van der Waals surface area (Å²) in [4.78, 5) is 0. The standard InChI is InChI=1S/C10H11BrClN/c1-7(2)6-13-10-4-3-8(11)5-9(10)12/h3-5,13H,1,6H2,2H3. The molecule has 0 fully saturated rings. The molecule has 0 aliphatic carbocycles. The Morgan fingerprint density at radius 2 is 2.31 bits per heavy atom. The van der Waals surface area contributed by atoms with Gasteiger partial charge in [-0.25, -0.2) is 0 Å². The SMILES string of the molecule is C=C(C)CNc1ccc(Br)cc1Cl. The van der Waals surface area contributed by atoms with Crippen LogP contribution in [0, 0.1) is 0 Å². The molecule has 1 aromatic carbocycles. The number of rotatable bonds is 3. The van der Waals surface area contributed by atoms with Gasteiger partial charge < -0.3 is 5.32 Å². The second kappa shape index (κ2) is 4.68. The summed E-state index contributed by atoms with van der Waals surface area (Å²) in [5.41, 5.74) is 2.02. The summed E-state index contributed by atoms with van der Waals surface area (Å²) in [6, 6.07) is 5.75. The Bertz CT molecular complexity index is 323. The number of hydrogen-bond donors (Lipinski definition) is 1. The number of anilines is 1. The van der Waals surface area contributed by atoms with E-state index in [1.165, 1.54) is 0 Å². The molecule has 0 aromatic heterocycles. The van der Waals surface area contributed by atoms with Gasteiger partial charge in [0.2, 0.25) is 0 Å². The van der Waals surface area contributed by atoms with E-state index in [1.54, 1.807) is 0 Å². The second-order valence-corrected chi connectivity index (χ2v) is 4.26. The molecule has 0 spiro atoms. The lowest BCUT2D eigenvalue weighted by molar-refractivity contribution is 1.22. The highest BCUT2D eigenvalue weighted by molar-refractivity contribution is 9.10. The zero-order valence-electron chi connectivity index (χ0n) is 7.40. The molecular formula is C10H11BrClN. The molecule has 0 aliphatic heterocycles. The number of halogens is 2. The Kier molecular flexibility index (Phi) is 3.82. The van der Waals surface area contributed by atoms with E-state index in [-0.39, 0.29) is 0 Å². The first kappa shape index (κ1) is 10.6. The van der Waals surface area contributed by atoms with Crippen molar-refractivity contribution in [3.8, 4) is 0 Å². The van der Waals surface area contributed by atoms with Gasteiger partial charge in [0, 0.05) is 11.0 Å². The van der Waals surface area contributed by atoms with Gasteiger partial charge in [-0.2, -0.15) is 0 Å². The van der Waals surface area contributed by atoms with Crippen LogP contribution in [0.25, 0.3) is 0 Å². The van der Waals surface area contributed by atoms with Crippen molar-refractivity contribution in [1.82, 2.24) is 0 Å². The van der Waals surface area contributed by atoms with Crippen LogP contribution in [0.3, 0.4) is 0 Å². The third-order valence-electron chi connectivity index (χ3n) is 1.51. The summed E-state index contributed by atoms with van der Waals surface area (Å²) in [5, 5.41) is 3.91. The lowest BCUT2D eigenvalue weighted by Crippen LogP contribution is -2.01. The van der Waals surface area contributed by atoms with Crippen LogP contribution in [-0.4, -0.2) is 6.54 Å². The molecule has 1 N–H and O–H groups in total. The molecule has 0 unspecified atom stereocenters. The Balaban J connectivity index is 2.72. The van der Waals surface area contributed by atoms with Crippen LogP contribution in [-0.2, 0) is 0 Å². The van der Waals surface area contributed by atoms with Crippen molar-refractivity contribution in [1.29, 1.82) is 0 Å². The van der Waals surface area contributed by atoms with Crippen molar-refractivity contribution in [2.24, 2.45) is 0 Å². The van der Waals surface area contributed by atoms with Crippen molar-refractivity contribution in [2.45, 2.75) is 6.92 Å². The summed E-state index contributed by atoms with van der Waals surface area (Å²) in [6.07, 6.45) is 0. The van der Waals surface area contributed by atoms with E-state index in [4.69, 9.17) is 11.6 Å². The van der Waals surface area contributed by atoms with Crippen LogP contribution in [0.4, 0.5) is 5.69 Å². The molecule has 0 bridgehead atoms. The van der Waals surface area contributed by atoms with Crippen LogP contribution in [0.15, 0.2) is 34.8 Å². The molecule has 70 valence electrons. The first-order chi connectivity index (χ1) is 6.09. The van der Waals surface area contributed by atoms with Crippen LogP contribution >= 0.6 is 27.5 Å². The van der Waals surface area contributed by atoms with Gasteiger partial charge >= 0.3 is 0 Å². The maximum Gasteiger partial charge on any atom is 0.0648 e. The zero-order chi connectivity index (χ0) is 9.84. The highest BCUT2D eigenvalue weighted by Gasteiger charge is 1.99. The average Bonchev–Trinajstić information content (AvgIpc) is 2.02. The average molecular weight is 261 g/mol. The van der Waals surface area contributed by atoms with E-state index < -0.39 is 0 Å². The summed E-state index contributed by atoms with van der Waals surface area (Å²) >= 11 is 9.34. The fourth-order valence-corrected chi connectivity index (χ4v) is 1.62. The highest BCUT2D eigenvalue weighted by Crippen LogP contribution is 2.25. The molecule has 1 aromatic rings. The molecule has 0 radical (unpaired) electrons. The lowest BCUT2D eigenvalue weighted by Gasteiger charge is -2.07. The summed E-state index contributed by atoms with van der Waals surface area (Å²) < 4.78 is 0.985. The molecule has 0 heterocycles. The molecular weight excluding hydrogens is 249 g/mol. The Hall–Kier alpha value is -0.470. The minimum Gasteiger partial charge on any atom is -0.380 e. The zero-order valence-corrected chi connectivity index (χ0v) is 9.74. The first-order valence-corrected chi connectivity index (χ1v) is 5.10. The number of hydrogen-bond acceptors (Lipinski definition) is 1. The highest BCUT2D eigenvalue weighted by atomic mass is 79.9. The maximum atomic E-state index is 5.99. The molecule has 0 atom stereocenters. The normalized spacial score (nSPS) is 9.77. The summed E-state index contributed by atoms with van der Waals surface area (Å²) in [6.45, 7) is 6.53. The molecule has 0 aliphatic rings. The van der Waals surface area contributed by atoms with Crippen LogP contribution in [0.5, 0.6) is 0 Å². The van der Waals surface area contributed by atoms with Gasteiger partial charge in [-0.15, -0.1) is 0 Å². The third-order valence-corrected chi connectivity index (χ3v) is 2.32. The van der Waals surface area contributed by atoms with Crippen molar-refractivity contribution in [2.75, 3.05) is 11.9 Å². The van der Waals surface area contributed by atoms with Gasteiger partial charge in [-0.3, -0.25) is 0 Å². The predicted octanol–water partition coefficient (Wildman–Crippen LogP) is 4.09. The van der Waals surface area contributed by atoms with Gasteiger partial charge in [-0.1, -0.05) is 39.7 Å². The first-order valence-electron chi connectivity index (χ1n) is 3.93. The third kappa shape index (κ3) is 3.41. The van der Waals surface area contributed by atoms with E-state index in [0.717, 1.165) is 27.3 Å². The maximum absolute atomic E-state index is 5.99. The van der Waals surface area contributed by atoms with Gasteiger partial charge in [0.05, 0.1) is 10.7 Å².